The number of rotatable bonds is 11. The van der Waals surface area contributed by atoms with Gasteiger partial charge in [-0.1, -0.05) is 58.8 Å². The van der Waals surface area contributed by atoms with Crippen LogP contribution in [0.5, 0.6) is 0 Å². The number of nitrogens with one attached hydrogen (secondary N) is 1. The molecule has 1 N–H and O–H groups in total. The number of hydrogen-bond donors (Lipinski definition) is 1. The van der Waals surface area contributed by atoms with E-state index in [0.717, 1.165) is 0 Å². The zero-order chi connectivity index (χ0) is 11.7. The molecule has 0 bridgehead atoms. The van der Waals surface area contributed by atoms with Crippen LogP contribution in [0.1, 0.15) is 78.1 Å². The summed E-state index contributed by atoms with van der Waals surface area (Å²) in [4.78, 5) is 0. The average Bonchev–Trinajstić information content (AvgIpc) is 3.00. The minimum atomic E-state index is 0.681. The average molecular weight is 225 g/mol. The topological polar surface area (TPSA) is 12.0 Å². The molecule has 0 aromatic carbocycles. The SMILES string of the molecule is CCCCCCCCCCNCC1(C)CC1. The maximum atomic E-state index is 3.60. The van der Waals surface area contributed by atoms with Gasteiger partial charge in [0.25, 0.3) is 0 Å². The minimum Gasteiger partial charge on any atom is -0.316 e. The summed E-state index contributed by atoms with van der Waals surface area (Å²) in [5.41, 5.74) is 0.681. The predicted octanol–water partition coefficient (Wildman–Crippen LogP) is 4.52. The van der Waals surface area contributed by atoms with Crippen molar-refractivity contribution in [1.82, 2.24) is 5.32 Å². The third kappa shape index (κ3) is 7.27. The zero-order valence-corrected chi connectivity index (χ0v) is 11.5. The van der Waals surface area contributed by atoms with Crippen LogP contribution in [0.25, 0.3) is 0 Å². The van der Waals surface area contributed by atoms with E-state index in [1.54, 1.807) is 0 Å². The normalized spacial score (nSPS) is 17.6. The van der Waals surface area contributed by atoms with Gasteiger partial charge in [-0.25, -0.2) is 0 Å². The van der Waals surface area contributed by atoms with Gasteiger partial charge in [-0.05, 0) is 31.2 Å². The van der Waals surface area contributed by atoms with Crippen molar-refractivity contribution in [1.29, 1.82) is 0 Å². The Morgan fingerprint density at radius 2 is 1.44 bits per heavy atom. The van der Waals surface area contributed by atoms with Crippen LogP contribution in [-0.4, -0.2) is 13.1 Å². The van der Waals surface area contributed by atoms with Gasteiger partial charge in [-0.2, -0.15) is 0 Å². The number of hydrogen-bond acceptors (Lipinski definition) is 1. The van der Waals surface area contributed by atoms with Crippen LogP contribution < -0.4 is 5.32 Å². The summed E-state index contributed by atoms with van der Waals surface area (Å²) in [5, 5.41) is 3.60. The van der Waals surface area contributed by atoms with E-state index in [4.69, 9.17) is 0 Å². The van der Waals surface area contributed by atoms with Crippen LogP contribution in [0.3, 0.4) is 0 Å². The van der Waals surface area contributed by atoms with Gasteiger partial charge in [0.15, 0.2) is 0 Å². The van der Waals surface area contributed by atoms with Crippen LogP contribution in [0.2, 0.25) is 0 Å². The molecular weight excluding hydrogens is 194 g/mol. The molecule has 1 aliphatic carbocycles. The van der Waals surface area contributed by atoms with Crippen LogP contribution in [0, 0.1) is 5.41 Å². The molecule has 1 nitrogen and oxygen atoms in total. The Labute approximate surface area is 102 Å². The summed E-state index contributed by atoms with van der Waals surface area (Å²) >= 11 is 0. The second-order valence-corrected chi connectivity index (χ2v) is 5.96. The second kappa shape index (κ2) is 8.11. The summed E-state index contributed by atoms with van der Waals surface area (Å²) in [7, 11) is 0. The molecule has 0 atom stereocenters. The predicted molar refractivity (Wildman–Crippen MR) is 72.8 cm³/mol. The van der Waals surface area contributed by atoms with Crippen molar-refractivity contribution in [3.63, 3.8) is 0 Å². The highest BCUT2D eigenvalue weighted by molar-refractivity contribution is 4.90. The van der Waals surface area contributed by atoms with Crippen LogP contribution >= 0.6 is 0 Å². The van der Waals surface area contributed by atoms with Crippen LogP contribution in [0.4, 0.5) is 0 Å². The molecule has 0 aromatic heterocycles. The molecule has 0 unspecified atom stereocenters. The van der Waals surface area contributed by atoms with Gasteiger partial charge in [0.1, 0.15) is 0 Å². The molecule has 1 fully saturated rings. The Balaban J connectivity index is 1.68. The van der Waals surface area contributed by atoms with Crippen molar-refractivity contribution in [2.45, 2.75) is 78.1 Å². The Hall–Kier alpha value is -0.0400. The Bertz CT molecular complexity index is 161. The maximum Gasteiger partial charge on any atom is 0.000517 e. The largest absolute Gasteiger partial charge is 0.316 e. The summed E-state index contributed by atoms with van der Waals surface area (Å²) < 4.78 is 0. The first-order valence-electron chi connectivity index (χ1n) is 7.47. The standard InChI is InChI=1S/C15H31N/c1-3-4-5-6-7-8-9-10-13-16-14-15(2)11-12-15/h16H,3-14H2,1-2H3. The van der Waals surface area contributed by atoms with E-state index in [1.165, 1.54) is 77.3 Å². The Morgan fingerprint density at radius 1 is 0.875 bits per heavy atom. The molecule has 0 saturated heterocycles. The molecule has 0 aliphatic heterocycles. The molecular formula is C15H31N. The maximum absolute atomic E-state index is 3.60. The van der Waals surface area contributed by atoms with Crippen molar-refractivity contribution in [2.24, 2.45) is 5.41 Å². The summed E-state index contributed by atoms with van der Waals surface area (Å²) in [6.45, 7) is 7.17. The first kappa shape index (κ1) is 14.0. The lowest BCUT2D eigenvalue weighted by Crippen LogP contribution is -2.22. The van der Waals surface area contributed by atoms with Gasteiger partial charge < -0.3 is 5.32 Å². The quantitative estimate of drug-likeness (QED) is 0.510. The van der Waals surface area contributed by atoms with Gasteiger partial charge in [0, 0.05) is 6.54 Å². The Kier molecular flexibility index (Phi) is 7.11. The molecule has 1 rings (SSSR count). The van der Waals surface area contributed by atoms with Gasteiger partial charge >= 0.3 is 0 Å². The van der Waals surface area contributed by atoms with Crippen LogP contribution in [-0.2, 0) is 0 Å². The molecule has 0 spiro atoms. The third-order valence-electron chi connectivity index (χ3n) is 3.86. The van der Waals surface area contributed by atoms with Gasteiger partial charge in [0.05, 0.1) is 0 Å². The zero-order valence-electron chi connectivity index (χ0n) is 11.5. The lowest BCUT2D eigenvalue weighted by molar-refractivity contribution is 0.483. The monoisotopic (exact) mass is 225 g/mol. The summed E-state index contributed by atoms with van der Waals surface area (Å²) in [5.74, 6) is 0. The highest BCUT2D eigenvalue weighted by atomic mass is 14.9. The molecule has 0 radical (unpaired) electrons. The van der Waals surface area contributed by atoms with Crippen molar-refractivity contribution >= 4 is 0 Å². The fourth-order valence-electron chi connectivity index (χ4n) is 2.16. The molecule has 16 heavy (non-hydrogen) atoms. The molecule has 1 saturated carbocycles. The summed E-state index contributed by atoms with van der Waals surface area (Å²) in [6.07, 6.45) is 14.3. The van der Waals surface area contributed by atoms with Crippen molar-refractivity contribution < 1.29 is 0 Å². The first-order valence-corrected chi connectivity index (χ1v) is 7.47. The van der Waals surface area contributed by atoms with Crippen molar-refractivity contribution in [2.75, 3.05) is 13.1 Å². The van der Waals surface area contributed by atoms with E-state index in [1.807, 2.05) is 0 Å². The van der Waals surface area contributed by atoms with Gasteiger partial charge in [0.2, 0.25) is 0 Å². The minimum absolute atomic E-state index is 0.681. The van der Waals surface area contributed by atoms with Crippen molar-refractivity contribution in [3.8, 4) is 0 Å². The molecule has 0 amide bonds. The third-order valence-corrected chi connectivity index (χ3v) is 3.86. The fourth-order valence-corrected chi connectivity index (χ4v) is 2.16. The first-order chi connectivity index (χ1) is 7.77. The summed E-state index contributed by atoms with van der Waals surface area (Å²) in [6, 6.07) is 0. The lowest BCUT2D eigenvalue weighted by atomic mass is 10.1. The van der Waals surface area contributed by atoms with E-state index in [9.17, 15) is 0 Å². The molecule has 0 aromatic rings. The molecule has 96 valence electrons. The Morgan fingerprint density at radius 3 is 2.00 bits per heavy atom. The fraction of sp³-hybridized carbons (Fsp3) is 1.00. The second-order valence-electron chi connectivity index (χ2n) is 5.96. The highest BCUT2D eigenvalue weighted by Crippen LogP contribution is 2.43. The number of unbranched alkanes of at least 4 members (excludes halogenated alkanes) is 7. The molecule has 0 heterocycles. The molecule has 1 aliphatic rings. The highest BCUT2D eigenvalue weighted by Gasteiger charge is 2.36. The van der Waals surface area contributed by atoms with Gasteiger partial charge in [-0.3, -0.25) is 0 Å². The van der Waals surface area contributed by atoms with Crippen LogP contribution in [0.15, 0.2) is 0 Å². The van der Waals surface area contributed by atoms with E-state index in [0.29, 0.717) is 5.41 Å². The smallest absolute Gasteiger partial charge is 0.000517 e. The molecule has 1 heteroatoms. The van der Waals surface area contributed by atoms with E-state index >= 15 is 0 Å². The lowest BCUT2D eigenvalue weighted by Gasteiger charge is -2.09. The van der Waals surface area contributed by atoms with E-state index in [-0.39, 0.29) is 0 Å². The van der Waals surface area contributed by atoms with Gasteiger partial charge in [-0.15, -0.1) is 0 Å². The van der Waals surface area contributed by atoms with E-state index in [2.05, 4.69) is 19.2 Å². The van der Waals surface area contributed by atoms with E-state index < -0.39 is 0 Å². The van der Waals surface area contributed by atoms with Crippen molar-refractivity contribution in [3.05, 3.63) is 0 Å².